The Bertz CT molecular complexity index is 1290. The van der Waals surface area contributed by atoms with Crippen LogP contribution in [0.25, 0.3) is 22.6 Å². The van der Waals surface area contributed by atoms with Gasteiger partial charge >= 0.3 is 5.69 Å². The Morgan fingerprint density at radius 2 is 1.80 bits per heavy atom. The zero-order valence-corrected chi connectivity index (χ0v) is 17.4. The SMILES string of the molecule is C=Cc1ccc(Cn2c(=O)n3nc(CCC)nc3c3cc(OC)c(OC)cc32)cc1. The van der Waals surface area contributed by atoms with E-state index in [-0.39, 0.29) is 5.69 Å². The summed E-state index contributed by atoms with van der Waals surface area (Å²) in [6, 6.07) is 11.6. The summed E-state index contributed by atoms with van der Waals surface area (Å²) in [5.74, 6) is 1.78. The van der Waals surface area contributed by atoms with Gasteiger partial charge in [0.15, 0.2) is 23.0 Å². The van der Waals surface area contributed by atoms with Gasteiger partial charge in [-0.2, -0.15) is 4.52 Å². The molecule has 0 atom stereocenters. The lowest BCUT2D eigenvalue weighted by Gasteiger charge is -2.14. The normalized spacial score (nSPS) is 11.2. The zero-order chi connectivity index (χ0) is 21.3. The van der Waals surface area contributed by atoms with E-state index >= 15 is 0 Å². The maximum absolute atomic E-state index is 13.4. The fourth-order valence-corrected chi connectivity index (χ4v) is 3.57. The number of methoxy groups -OCH3 is 2. The van der Waals surface area contributed by atoms with E-state index in [4.69, 9.17) is 9.47 Å². The molecule has 0 spiro atoms. The summed E-state index contributed by atoms with van der Waals surface area (Å²) >= 11 is 0. The molecule has 0 saturated heterocycles. The van der Waals surface area contributed by atoms with Crippen LogP contribution in [0.5, 0.6) is 11.5 Å². The summed E-state index contributed by atoms with van der Waals surface area (Å²) in [6.07, 6.45) is 3.40. The van der Waals surface area contributed by atoms with Crippen molar-refractivity contribution < 1.29 is 9.47 Å². The summed E-state index contributed by atoms with van der Waals surface area (Å²) < 4.78 is 14.0. The van der Waals surface area contributed by atoms with Crippen molar-refractivity contribution in [1.82, 2.24) is 19.2 Å². The number of aryl methyl sites for hydroxylation is 1. The van der Waals surface area contributed by atoms with Gasteiger partial charge in [0.25, 0.3) is 0 Å². The minimum absolute atomic E-state index is 0.243. The Morgan fingerprint density at radius 1 is 1.10 bits per heavy atom. The molecule has 7 heteroatoms. The van der Waals surface area contributed by atoms with E-state index in [0.717, 1.165) is 22.9 Å². The van der Waals surface area contributed by atoms with Gasteiger partial charge in [0.1, 0.15) is 0 Å². The first-order valence-corrected chi connectivity index (χ1v) is 9.85. The molecule has 30 heavy (non-hydrogen) atoms. The molecule has 0 radical (unpaired) electrons. The van der Waals surface area contributed by atoms with Crippen molar-refractivity contribution in [2.24, 2.45) is 0 Å². The zero-order valence-electron chi connectivity index (χ0n) is 17.4. The Labute approximate surface area is 174 Å². The van der Waals surface area contributed by atoms with Gasteiger partial charge in [-0.3, -0.25) is 4.57 Å². The van der Waals surface area contributed by atoms with Crippen LogP contribution in [0.15, 0.2) is 47.8 Å². The van der Waals surface area contributed by atoms with E-state index < -0.39 is 0 Å². The standard InChI is InChI=1S/C23H24N4O3/c1-5-7-21-24-22-17-12-19(29-3)20(30-4)13-18(17)26(23(28)27(22)25-21)14-16-10-8-15(6-2)9-11-16/h6,8-13H,2,5,7,14H2,1,3-4H3. The molecule has 4 rings (SSSR count). The highest BCUT2D eigenvalue weighted by Crippen LogP contribution is 2.33. The quantitative estimate of drug-likeness (QED) is 0.470. The van der Waals surface area contributed by atoms with Gasteiger partial charge in [0.2, 0.25) is 0 Å². The van der Waals surface area contributed by atoms with E-state index in [1.807, 2.05) is 36.4 Å². The van der Waals surface area contributed by atoms with Gasteiger partial charge in [-0.1, -0.05) is 43.8 Å². The molecule has 2 heterocycles. The second-order valence-corrected chi connectivity index (χ2v) is 7.05. The lowest BCUT2D eigenvalue weighted by Crippen LogP contribution is -2.28. The smallest absolute Gasteiger partial charge is 0.351 e. The summed E-state index contributed by atoms with van der Waals surface area (Å²) in [4.78, 5) is 18.0. The molecule has 0 aliphatic rings. The van der Waals surface area contributed by atoms with Gasteiger partial charge in [-0.25, -0.2) is 9.78 Å². The molecule has 154 valence electrons. The molecule has 7 nitrogen and oxygen atoms in total. The summed E-state index contributed by atoms with van der Waals surface area (Å²) in [6.45, 7) is 6.24. The number of hydrogen-bond donors (Lipinski definition) is 0. The Morgan fingerprint density at radius 3 is 2.43 bits per heavy atom. The van der Waals surface area contributed by atoms with Gasteiger partial charge in [0, 0.05) is 17.9 Å². The van der Waals surface area contributed by atoms with Crippen LogP contribution in [0.4, 0.5) is 0 Å². The van der Waals surface area contributed by atoms with Crippen LogP contribution in [-0.2, 0) is 13.0 Å². The first kappa shape index (κ1) is 19.7. The second-order valence-electron chi connectivity index (χ2n) is 7.05. The molecule has 0 amide bonds. The minimum Gasteiger partial charge on any atom is -0.493 e. The van der Waals surface area contributed by atoms with E-state index in [9.17, 15) is 4.79 Å². The fourth-order valence-electron chi connectivity index (χ4n) is 3.57. The number of nitrogens with zero attached hydrogens (tertiary/aromatic N) is 4. The van der Waals surface area contributed by atoms with Crippen LogP contribution < -0.4 is 15.2 Å². The third kappa shape index (κ3) is 3.32. The van der Waals surface area contributed by atoms with Crippen LogP contribution >= 0.6 is 0 Å². The molecule has 0 N–H and O–H groups in total. The van der Waals surface area contributed by atoms with Crippen molar-refractivity contribution in [3.63, 3.8) is 0 Å². The number of ether oxygens (including phenoxy) is 2. The monoisotopic (exact) mass is 404 g/mol. The van der Waals surface area contributed by atoms with Gasteiger partial charge in [0.05, 0.1) is 26.3 Å². The topological polar surface area (TPSA) is 70.7 Å². The van der Waals surface area contributed by atoms with Gasteiger partial charge in [-0.05, 0) is 23.6 Å². The number of aromatic nitrogens is 4. The molecule has 0 saturated carbocycles. The number of fused-ring (bicyclic) bond motifs is 3. The van der Waals surface area contributed by atoms with Gasteiger partial charge in [-0.15, -0.1) is 5.10 Å². The molecule has 0 fully saturated rings. The van der Waals surface area contributed by atoms with Crippen LogP contribution in [0.3, 0.4) is 0 Å². The largest absolute Gasteiger partial charge is 0.493 e. The maximum Gasteiger partial charge on any atom is 0.351 e. The Kier molecular flexibility index (Phi) is 5.27. The summed E-state index contributed by atoms with van der Waals surface area (Å²) in [7, 11) is 3.17. The molecule has 0 aliphatic carbocycles. The van der Waals surface area contributed by atoms with E-state index in [1.54, 1.807) is 24.9 Å². The third-order valence-corrected chi connectivity index (χ3v) is 5.13. The molecular formula is C23H24N4O3. The van der Waals surface area contributed by atoms with Crippen molar-refractivity contribution >= 4 is 22.6 Å². The molecular weight excluding hydrogens is 380 g/mol. The molecule has 2 aromatic heterocycles. The summed E-state index contributed by atoms with van der Waals surface area (Å²) in [5, 5.41) is 5.25. The van der Waals surface area contributed by atoms with Crippen LogP contribution in [0, 0.1) is 0 Å². The third-order valence-electron chi connectivity index (χ3n) is 5.13. The number of rotatable bonds is 7. The Hall–Kier alpha value is -3.61. The maximum atomic E-state index is 13.4. The van der Waals surface area contributed by atoms with Crippen molar-refractivity contribution in [2.45, 2.75) is 26.3 Å². The van der Waals surface area contributed by atoms with Crippen LogP contribution in [-0.4, -0.2) is 33.4 Å². The minimum atomic E-state index is -0.243. The molecule has 4 aromatic rings. The average Bonchev–Trinajstić information content (AvgIpc) is 3.20. The van der Waals surface area contributed by atoms with Crippen molar-refractivity contribution in [1.29, 1.82) is 0 Å². The lowest BCUT2D eigenvalue weighted by atomic mass is 10.1. The highest BCUT2D eigenvalue weighted by atomic mass is 16.5. The first-order chi connectivity index (χ1) is 14.6. The lowest BCUT2D eigenvalue weighted by molar-refractivity contribution is 0.355. The molecule has 0 aliphatic heterocycles. The van der Waals surface area contributed by atoms with Crippen molar-refractivity contribution in [2.75, 3.05) is 14.2 Å². The number of hydrogen-bond acceptors (Lipinski definition) is 5. The number of benzene rings is 2. The van der Waals surface area contributed by atoms with Crippen molar-refractivity contribution in [3.05, 3.63) is 70.4 Å². The van der Waals surface area contributed by atoms with E-state index in [1.165, 1.54) is 4.52 Å². The molecule has 0 bridgehead atoms. The van der Waals surface area contributed by atoms with Crippen molar-refractivity contribution in [3.8, 4) is 11.5 Å². The first-order valence-electron chi connectivity index (χ1n) is 9.85. The predicted molar refractivity (Wildman–Crippen MR) is 117 cm³/mol. The van der Waals surface area contributed by atoms with Gasteiger partial charge < -0.3 is 9.47 Å². The highest BCUT2D eigenvalue weighted by molar-refractivity contribution is 5.94. The Balaban J connectivity index is 2.00. The highest BCUT2D eigenvalue weighted by Gasteiger charge is 2.18. The fraction of sp³-hybridized carbons (Fsp3) is 0.261. The predicted octanol–water partition coefficient (Wildman–Crippen LogP) is 3.71. The second kappa shape index (κ2) is 8.02. The van der Waals surface area contributed by atoms with E-state index in [2.05, 4.69) is 23.6 Å². The average molecular weight is 404 g/mol. The van der Waals surface area contributed by atoms with Crippen LogP contribution in [0.1, 0.15) is 30.3 Å². The van der Waals surface area contributed by atoms with Crippen LogP contribution in [0.2, 0.25) is 0 Å². The molecule has 2 aromatic carbocycles. The summed E-state index contributed by atoms with van der Waals surface area (Å²) in [5.41, 5.74) is 3.02. The molecule has 0 unspecified atom stereocenters. The van der Waals surface area contributed by atoms with E-state index in [0.29, 0.717) is 41.5 Å².